The molecule has 0 radical (unpaired) electrons. The van der Waals surface area contributed by atoms with Crippen LogP contribution in [0.4, 0.5) is 0 Å². The molecular formula is C20H25NO6. The first-order valence-electron chi connectivity index (χ1n) is 8.81. The summed E-state index contributed by atoms with van der Waals surface area (Å²) in [7, 11) is 1.54. The maximum Gasteiger partial charge on any atom is 0.340 e. The van der Waals surface area contributed by atoms with Gasteiger partial charge in [0.05, 0.1) is 31.0 Å². The highest BCUT2D eigenvalue weighted by Crippen LogP contribution is 2.36. The summed E-state index contributed by atoms with van der Waals surface area (Å²) in [4.78, 5) is 26.8. The second-order valence-corrected chi connectivity index (χ2v) is 5.82. The van der Waals surface area contributed by atoms with E-state index in [9.17, 15) is 14.7 Å². The van der Waals surface area contributed by atoms with Crippen molar-refractivity contribution in [3.8, 4) is 11.5 Å². The van der Waals surface area contributed by atoms with Gasteiger partial charge in [-0.1, -0.05) is 12.1 Å². The van der Waals surface area contributed by atoms with Gasteiger partial charge in [0, 0.05) is 24.9 Å². The Morgan fingerprint density at radius 3 is 2.63 bits per heavy atom. The topological polar surface area (TPSA) is 85.3 Å². The molecule has 1 aliphatic heterocycles. The summed E-state index contributed by atoms with van der Waals surface area (Å²) < 4.78 is 15.6. The molecule has 7 nitrogen and oxygen atoms in total. The quantitative estimate of drug-likeness (QED) is 0.555. The van der Waals surface area contributed by atoms with E-state index in [-0.39, 0.29) is 29.4 Å². The molecule has 27 heavy (non-hydrogen) atoms. The summed E-state index contributed by atoms with van der Waals surface area (Å²) in [6, 6.07) is 4.99. The summed E-state index contributed by atoms with van der Waals surface area (Å²) in [5.41, 5.74) is 1.25. The Morgan fingerprint density at radius 1 is 1.26 bits per heavy atom. The van der Waals surface area contributed by atoms with E-state index >= 15 is 0 Å². The molecule has 0 saturated heterocycles. The van der Waals surface area contributed by atoms with Crippen LogP contribution >= 0.6 is 0 Å². The van der Waals surface area contributed by atoms with Gasteiger partial charge in [-0.05, 0) is 32.9 Å². The molecule has 0 aliphatic carbocycles. The summed E-state index contributed by atoms with van der Waals surface area (Å²) in [5.74, 6) is -0.688. The molecule has 0 saturated carbocycles. The predicted octanol–water partition coefficient (Wildman–Crippen LogP) is 2.50. The highest BCUT2D eigenvalue weighted by molar-refractivity contribution is 6.16. The van der Waals surface area contributed by atoms with E-state index in [2.05, 4.69) is 0 Å². The van der Waals surface area contributed by atoms with Crippen LogP contribution in [0.5, 0.6) is 11.5 Å². The fourth-order valence-corrected chi connectivity index (χ4v) is 2.86. The molecule has 1 aromatic carbocycles. The fourth-order valence-electron chi connectivity index (χ4n) is 2.86. The second-order valence-electron chi connectivity index (χ2n) is 5.82. The number of benzene rings is 1. The van der Waals surface area contributed by atoms with Crippen LogP contribution in [0.1, 0.15) is 26.3 Å². The van der Waals surface area contributed by atoms with Crippen LogP contribution < -0.4 is 4.74 Å². The van der Waals surface area contributed by atoms with Gasteiger partial charge < -0.3 is 24.2 Å². The van der Waals surface area contributed by atoms with Crippen molar-refractivity contribution in [3.05, 3.63) is 40.6 Å². The Morgan fingerprint density at radius 2 is 2.00 bits per heavy atom. The lowest BCUT2D eigenvalue weighted by molar-refractivity contribution is -0.138. The summed E-state index contributed by atoms with van der Waals surface area (Å²) in [5, 5.41) is 10.4. The van der Waals surface area contributed by atoms with Gasteiger partial charge in [0.25, 0.3) is 5.91 Å². The number of allylic oxidation sites excluding steroid dienone is 1. The van der Waals surface area contributed by atoms with Crippen LogP contribution in [-0.2, 0) is 19.1 Å². The Hall–Kier alpha value is -2.80. The van der Waals surface area contributed by atoms with Crippen LogP contribution in [0.25, 0.3) is 6.08 Å². The average Bonchev–Trinajstić information content (AvgIpc) is 2.87. The van der Waals surface area contributed by atoms with E-state index < -0.39 is 5.97 Å². The maximum absolute atomic E-state index is 12.9. The van der Waals surface area contributed by atoms with Gasteiger partial charge >= 0.3 is 5.97 Å². The Balaban J connectivity index is 2.52. The number of phenolic OH excluding ortho intramolecular Hbond substituents is 1. The predicted molar refractivity (Wildman–Crippen MR) is 100 cm³/mol. The van der Waals surface area contributed by atoms with Crippen molar-refractivity contribution in [1.29, 1.82) is 0 Å². The maximum atomic E-state index is 12.9. The summed E-state index contributed by atoms with van der Waals surface area (Å²) in [6.07, 6.45) is 1.49. The average molecular weight is 375 g/mol. The number of esters is 1. The molecule has 0 unspecified atom stereocenters. The summed E-state index contributed by atoms with van der Waals surface area (Å²) >= 11 is 0. The lowest BCUT2D eigenvalue weighted by atomic mass is 10.0. The highest BCUT2D eigenvalue weighted by atomic mass is 16.5. The first kappa shape index (κ1) is 20.5. The van der Waals surface area contributed by atoms with Crippen LogP contribution in [0.15, 0.2) is 35.0 Å². The molecule has 7 heteroatoms. The first-order valence-corrected chi connectivity index (χ1v) is 8.81. The normalized spacial score (nSPS) is 15.6. The number of hydrogen-bond donors (Lipinski definition) is 1. The van der Waals surface area contributed by atoms with Gasteiger partial charge in [-0.3, -0.25) is 4.79 Å². The third-order valence-corrected chi connectivity index (χ3v) is 4.14. The molecule has 0 spiro atoms. The van der Waals surface area contributed by atoms with Crippen molar-refractivity contribution in [1.82, 2.24) is 4.90 Å². The van der Waals surface area contributed by atoms with Crippen molar-refractivity contribution in [2.24, 2.45) is 0 Å². The highest BCUT2D eigenvalue weighted by Gasteiger charge is 2.37. The molecule has 1 aromatic rings. The molecule has 0 aromatic heterocycles. The van der Waals surface area contributed by atoms with Crippen molar-refractivity contribution >= 4 is 18.0 Å². The van der Waals surface area contributed by atoms with E-state index in [1.54, 1.807) is 39.2 Å². The van der Waals surface area contributed by atoms with Gasteiger partial charge in [0.1, 0.15) is 0 Å². The smallest absolute Gasteiger partial charge is 0.340 e. The molecule has 0 atom stereocenters. The zero-order valence-corrected chi connectivity index (χ0v) is 16.1. The van der Waals surface area contributed by atoms with Crippen molar-refractivity contribution in [3.63, 3.8) is 0 Å². The van der Waals surface area contributed by atoms with Gasteiger partial charge in [0.15, 0.2) is 11.5 Å². The number of aromatic hydroxyl groups is 1. The number of para-hydroxylation sites is 1. The third kappa shape index (κ3) is 4.31. The van der Waals surface area contributed by atoms with Gasteiger partial charge in [-0.2, -0.15) is 0 Å². The van der Waals surface area contributed by atoms with E-state index in [1.165, 1.54) is 11.0 Å². The standard InChI is InChI=1S/C20H25NO6/c1-5-26-16-9-7-8-14(18(16)22)12-15-17(20(24)27-6-2)13(3)21(19(15)23)10-11-25-4/h7-9,12,22H,5-6,10-11H2,1-4H3/b15-12-. The second kappa shape index (κ2) is 9.23. The van der Waals surface area contributed by atoms with E-state index in [0.717, 1.165) is 0 Å². The van der Waals surface area contributed by atoms with Crippen molar-refractivity contribution in [2.75, 3.05) is 33.5 Å². The van der Waals surface area contributed by atoms with E-state index in [0.29, 0.717) is 36.8 Å². The lowest BCUT2D eigenvalue weighted by Crippen LogP contribution is -2.28. The van der Waals surface area contributed by atoms with E-state index in [1.807, 2.05) is 6.92 Å². The third-order valence-electron chi connectivity index (χ3n) is 4.14. The summed E-state index contributed by atoms with van der Waals surface area (Å²) in [6.45, 7) is 6.43. The van der Waals surface area contributed by atoms with Crippen molar-refractivity contribution < 1.29 is 28.9 Å². The molecule has 1 N–H and O–H groups in total. The zero-order valence-electron chi connectivity index (χ0n) is 16.1. The number of carbonyl (C=O) groups is 2. The Labute approximate surface area is 158 Å². The molecule has 2 rings (SSSR count). The number of ether oxygens (including phenoxy) is 3. The fraction of sp³-hybridized carbons (Fsp3) is 0.400. The largest absolute Gasteiger partial charge is 0.504 e. The lowest BCUT2D eigenvalue weighted by Gasteiger charge is -2.16. The number of hydrogen-bond acceptors (Lipinski definition) is 6. The molecule has 1 aliphatic rings. The van der Waals surface area contributed by atoms with Crippen molar-refractivity contribution in [2.45, 2.75) is 20.8 Å². The van der Waals surface area contributed by atoms with Crippen LogP contribution in [0.2, 0.25) is 0 Å². The zero-order chi connectivity index (χ0) is 20.0. The SMILES string of the molecule is CCOC(=O)C1=C(C)N(CCOC)C(=O)/C1=C\c1cccc(OCC)c1O. The van der Waals surface area contributed by atoms with Gasteiger partial charge in [0.2, 0.25) is 0 Å². The van der Waals surface area contributed by atoms with E-state index in [4.69, 9.17) is 14.2 Å². The Bertz CT molecular complexity index is 781. The molecular weight excluding hydrogens is 350 g/mol. The number of rotatable bonds is 8. The number of phenols is 1. The van der Waals surface area contributed by atoms with Crippen LogP contribution in [0, 0.1) is 0 Å². The molecule has 146 valence electrons. The number of nitrogens with zero attached hydrogens (tertiary/aromatic N) is 1. The monoisotopic (exact) mass is 375 g/mol. The molecule has 0 fully saturated rings. The molecule has 0 bridgehead atoms. The van der Waals surface area contributed by atoms with Crippen LogP contribution in [-0.4, -0.2) is 55.4 Å². The number of carbonyl (C=O) groups excluding carboxylic acids is 2. The first-order chi connectivity index (χ1) is 13.0. The van der Waals surface area contributed by atoms with Gasteiger partial charge in [-0.25, -0.2) is 4.79 Å². The number of amides is 1. The van der Waals surface area contributed by atoms with Crippen LogP contribution in [0.3, 0.4) is 0 Å². The number of methoxy groups -OCH3 is 1. The van der Waals surface area contributed by atoms with Gasteiger partial charge in [-0.15, -0.1) is 0 Å². The molecule has 1 heterocycles. The Kier molecular flexibility index (Phi) is 7.01. The minimum absolute atomic E-state index is 0.0872. The minimum Gasteiger partial charge on any atom is -0.504 e. The minimum atomic E-state index is -0.574. The molecule has 1 amide bonds.